The van der Waals surface area contributed by atoms with Crippen molar-refractivity contribution in [1.82, 2.24) is 10.3 Å². The van der Waals surface area contributed by atoms with Crippen LogP contribution in [0.3, 0.4) is 0 Å². The van der Waals surface area contributed by atoms with E-state index in [1.807, 2.05) is 24.3 Å². The molecule has 1 unspecified atom stereocenters. The number of aromatic nitrogens is 1. The number of anilines is 2. The summed E-state index contributed by atoms with van der Waals surface area (Å²) in [6.07, 6.45) is 1.48. The quantitative estimate of drug-likeness (QED) is 0.0959. The molecule has 1 aliphatic heterocycles. The number of nitrogens with one attached hydrogen (secondary N) is 2. The smallest absolute Gasteiger partial charge is 0.272 e. The molecule has 1 aliphatic rings. The van der Waals surface area contributed by atoms with Gasteiger partial charge in [-0.15, -0.1) is 11.8 Å². The largest absolute Gasteiger partial charge is 0.493 e. The maximum Gasteiger partial charge on any atom is 0.272 e. The Hall–Kier alpha value is -6.86. The third-order valence-corrected chi connectivity index (χ3v) is 9.88. The number of fused-ring (bicyclic) bond motifs is 1. The summed E-state index contributed by atoms with van der Waals surface area (Å²) in [5.41, 5.74) is 3.67. The molecular weight excluding hydrogens is 721 g/mol. The maximum atomic E-state index is 13.9. The highest BCUT2D eigenvalue weighted by Gasteiger charge is 2.40. The molecule has 1 atom stereocenters. The molecule has 12 nitrogen and oxygen atoms in total. The lowest BCUT2D eigenvalue weighted by Gasteiger charge is -2.16. The second-order valence-corrected chi connectivity index (χ2v) is 13.5. The van der Waals surface area contributed by atoms with Crippen molar-refractivity contribution < 1.29 is 37.8 Å². The van der Waals surface area contributed by atoms with Gasteiger partial charge in [-0.3, -0.25) is 19.2 Å². The van der Waals surface area contributed by atoms with Crippen molar-refractivity contribution in [1.29, 1.82) is 0 Å². The van der Waals surface area contributed by atoms with E-state index >= 15 is 0 Å². The highest BCUT2D eigenvalue weighted by Crippen LogP contribution is 2.41. The highest BCUT2D eigenvalue weighted by molar-refractivity contribution is 8.00. The number of rotatable bonds is 12. The van der Waals surface area contributed by atoms with E-state index in [-0.39, 0.29) is 23.9 Å². The lowest BCUT2D eigenvalue weighted by atomic mass is 10.1. The number of hydrogen-bond donors (Lipinski definition) is 2. The molecule has 0 bridgehead atoms. The first-order valence-electron chi connectivity index (χ1n) is 17.0. The van der Waals surface area contributed by atoms with Gasteiger partial charge in [0.1, 0.15) is 11.2 Å². The summed E-state index contributed by atoms with van der Waals surface area (Å²) in [6.45, 7) is 0. The summed E-state index contributed by atoms with van der Waals surface area (Å²) < 4.78 is 22.4. The van der Waals surface area contributed by atoms with Crippen LogP contribution in [-0.2, 0) is 14.4 Å². The van der Waals surface area contributed by atoms with Crippen molar-refractivity contribution in [2.24, 2.45) is 0 Å². The molecule has 0 radical (unpaired) electrons. The lowest BCUT2D eigenvalue weighted by Crippen LogP contribution is -2.31. The average molecular weight is 755 g/mol. The SMILES string of the molecule is COc1ccc(/C=C(\NC(=O)c2ccccc2)C(=O)Nc2cccc(SC3CC(=O)N(c4ccc(-c5nc6ccccc6o5)cc4)C3=O)c2)c(OC)c1OC. The first kappa shape index (κ1) is 36.5. The van der Waals surface area contributed by atoms with Crippen molar-refractivity contribution in [3.05, 3.63) is 132 Å². The summed E-state index contributed by atoms with van der Waals surface area (Å²) in [6, 6.07) is 33.1. The molecule has 2 heterocycles. The monoisotopic (exact) mass is 754 g/mol. The van der Waals surface area contributed by atoms with Crippen LogP contribution in [-0.4, -0.2) is 55.2 Å². The molecule has 55 heavy (non-hydrogen) atoms. The second-order valence-electron chi connectivity index (χ2n) is 12.2. The Bertz CT molecular complexity index is 2410. The number of ether oxygens (including phenoxy) is 3. The van der Waals surface area contributed by atoms with Gasteiger partial charge in [0.25, 0.3) is 11.8 Å². The fourth-order valence-corrected chi connectivity index (χ4v) is 7.17. The number of benzene rings is 5. The van der Waals surface area contributed by atoms with Crippen LogP contribution in [0, 0.1) is 0 Å². The number of para-hydroxylation sites is 2. The number of carbonyl (C=O) groups excluding carboxylic acids is 4. The van der Waals surface area contributed by atoms with Gasteiger partial charge in [0.2, 0.25) is 23.5 Å². The van der Waals surface area contributed by atoms with Crippen molar-refractivity contribution in [2.75, 3.05) is 31.5 Å². The van der Waals surface area contributed by atoms with E-state index in [4.69, 9.17) is 18.6 Å². The van der Waals surface area contributed by atoms with Crippen LogP contribution in [0.25, 0.3) is 28.6 Å². The van der Waals surface area contributed by atoms with Crippen molar-refractivity contribution in [3.63, 3.8) is 0 Å². The minimum Gasteiger partial charge on any atom is -0.493 e. The van der Waals surface area contributed by atoms with Gasteiger partial charge < -0.3 is 29.3 Å². The Labute approximate surface area is 320 Å². The van der Waals surface area contributed by atoms with E-state index in [0.29, 0.717) is 61.7 Å². The van der Waals surface area contributed by atoms with Gasteiger partial charge in [0, 0.05) is 33.7 Å². The summed E-state index contributed by atoms with van der Waals surface area (Å²) in [5, 5.41) is 4.88. The van der Waals surface area contributed by atoms with Crippen LogP contribution < -0.4 is 29.7 Å². The normalized spacial score (nSPS) is 14.2. The lowest BCUT2D eigenvalue weighted by molar-refractivity contribution is -0.121. The summed E-state index contributed by atoms with van der Waals surface area (Å²) >= 11 is 1.22. The second kappa shape index (κ2) is 16.0. The molecule has 1 fully saturated rings. The van der Waals surface area contributed by atoms with E-state index in [1.165, 1.54) is 44.1 Å². The average Bonchev–Trinajstić information content (AvgIpc) is 3.77. The number of hydrogen-bond acceptors (Lipinski definition) is 10. The molecule has 276 valence electrons. The van der Waals surface area contributed by atoms with Gasteiger partial charge in [-0.25, -0.2) is 9.88 Å². The molecule has 7 rings (SSSR count). The summed E-state index contributed by atoms with van der Waals surface area (Å²) in [4.78, 5) is 60.2. The Kier molecular flexibility index (Phi) is 10.6. The fourth-order valence-electron chi connectivity index (χ4n) is 6.06. The number of carbonyl (C=O) groups is 4. The molecule has 0 saturated carbocycles. The molecular formula is C42H34N4O8S. The molecule has 4 amide bonds. The zero-order chi connectivity index (χ0) is 38.5. The Morgan fingerprint density at radius 1 is 0.836 bits per heavy atom. The van der Waals surface area contributed by atoms with Gasteiger partial charge in [-0.05, 0) is 84.9 Å². The molecule has 0 spiro atoms. The van der Waals surface area contributed by atoms with Gasteiger partial charge in [0.15, 0.2) is 17.1 Å². The van der Waals surface area contributed by atoms with E-state index in [9.17, 15) is 19.2 Å². The number of imide groups is 1. The zero-order valence-corrected chi connectivity index (χ0v) is 30.7. The van der Waals surface area contributed by atoms with Crippen LogP contribution in [0.1, 0.15) is 22.3 Å². The van der Waals surface area contributed by atoms with E-state index < -0.39 is 17.1 Å². The third kappa shape index (κ3) is 7.78. The molecule has 2 N–H and O–H groups in total. The van der Waals surface area contributed by atoms with Crippen LogP contribution in [0.15, 0.2) is 130 Å². The number of nitrogens with zero attached hydrogens (tertiary/aromatic N) is 2. The molecule has 6 aromatic rings. The third-order valence-electron chi connectivity index (χ3n) is 8.71. The molecule has 5 aromatic carbocycles. The molecule has 1 aromatic heterocycles. The van der Waals surface area contributed by atoms with Crippen LogP contribution >= 0.6 is 11.8 Å². The van der Waals surface area contributed by atoms with E-state index in [2.05, 4.69) is 15.6 Å². The van der Waals surface area contributed by atoms with Crippen molar-refractivity contribution >= 4 is 63.9 Å². The summed E-state index contributed by atoms with van der Waals surface area (Å²) in [5.74, 6) is -0.327. The van der Waals surface area contributed by atoms with Gasteiger partial charge in [-0.1, -0.05) is 36.4 Å². The predicted octanol–water partition coefficient (Wildman–Crippen LogP) is 7.35. The summed E-state index contributed by atoms with van der Waals surface area (Å²) in [7, 11) is 4.42. The highest BCUT2D eigenvalue weighted by atomic mass is 32.2. The Morgan fingerprint density at radius 3 is 2.31 bits per heavy atom. The number of methoxy groups -OCH3 is 3. The van der Waals surface area contributed by atoms with Gasteiger partial charge in [0.05, 0.1) is 32.3 Å². The van der Waals surface area contributed by atoms with Gasteiger partial charge in [-0.2, -0.15) is 0 Å². The van der Waals surface area contributed by atoms with Gasteiger partial charge >= 0.3 is 0 Å². The van der Waals surface area contributed by atoms with Crippen molar-refractivity contribution in [3.8, 4) is 28.7 Å². The maximum absolute atomic E-state index is 13.9. The van der Waals surface area contributed by atoms with E-state index in [1.54, 1.807) is 91.0 Å². The Balaban J connectivity index is 1.08. The number of oxazole rings is 1. The Morgan fingerprint density at radius 2 is 1.58 bits per heavy atom. The number of thioether (sulfide) groups is 1. The van der Waals surface area contributed by atoms with Crippen LogP contribution in [0.4, 0.5) is 11.4 Å². The predicted molar refractivity (Wildman–Crippen MR) is 209 cm³/mol. The first-order valence-corrected chi connectivity index (χ1v) is 17.9. The molecule has 1 saturated heterocycles. The van der Waals surface area contributed by atoms with Crippen LogP contribution in [0.5, 0.6) is 17.2 Å². The van der Waals surface area contributed by atoms with Crippen molar-refractivity contribution in [2.45, 2.75) is 16.6 Å². The number of amides is 4. The topological polar surface area (TPSA) is 149 Å². The minimum absolute atomic E-state index is 0.00146. The molecule has 0 aliphatic carbocycles. The fraction of sp³-hybridized carbons (Fsp3) is 0.119. The van der Waals surface area contributed by atoms with E-state index in [0.717, 1.165) is 5.52 Å². The van der Waals surface area contributed by atoms with Crippen LogP contribution in [0.2, 0.25) is 0 Å². The zero-order valence-electron chi connectivity index (χ0n) is 29.9. The standard InChI is InChI=1S/C42H34N4O8S/c1-51-34-21-18-27(37(52-2)38(34)53-3)22-32(44-39(48)25-10-5-4-6-11-25)40(49)43-28-12-9-13-30(23-28)55-35-24-36(47)46(42(35)50)29-19-16-26(17-20-29)41-45-31-14-7-8-15-33(31)54-41/h4-23,35H,24H2,1-3H3,(H,43,49)(H,44,48)/b32-22-. The minimum atomic E-state index is -0.687. The first-order chi connectivity index (χ1) is 26.8. The molecule has 13 heteroatoms.